The van der Waals surface area contributed by atoms with E-state index in [1.54, 1.807) is 0 Å². The molecular formula is C14H32FeLuN4O2+4. The first-order valence-corrected chi connectivity index (χ1v) is 7.49. The van der Waals surface area contributed by atoms with Gasteiger partial charge in [-0.25, -0.2) is 0 Å². The van der Waals surface area contributed by atoms with E-state index >= 15 is 0 Å². The Balaban J connectivity index is -0.000000864. The second-order valence-electron chi connectivity index (χ2n) is 5.92. The number of rotatable bonds is 0. The molecule has 0 unspecified atom stereocenters. The minimum Gasteiger partial charge on any atom is -1.00 e. The third-order valence-electron chi connectivity index (χ3n) is 3.89. The van der Waals surface area contributed by atoms with E-state index in [2.05, 4.69) is 47.8 Å². The van der Waals surface area contributed by atoms with Gasteiger partial charge >= 0.3 is 53.9 Å². The van der Waals surface area contributed by atoms with Crippen LogP contribution in [0, 0.1) is 36.9 Å². The molecule has 6 nitrogen and oxygen atoms in total. The van der Waals surface area contributed by atoms with Crippen molar-refractivity contribution in [2.24, 2.45) is 0 Å². The molecule has 22 heavy (non-hydrogen) atoms. The van der Waals surface area contributed by atoms with Crippen LogP contribution in [0.5, 0.6) is 0 Å². The molecule has 1 aliphatic rings. The molecule has 0 aromatic rings. The van der Waals surface area contributed by atoms with Gasteiger partial charge in [-0.3, -0.25) is 0 Å². The van der Waals surface area contributed by atoms with E-state index in [9.17, 15) is 0 Å². The Hall–Kier alpha value is 1.51. The first-order chi connectivity index (χ1) is 9.58. The molecule has 1 fully saturated rings. The predicted molar refractivity (Wildman–Crippen MR) is 79.2 cm³/mol. The Labute approximate surface area is 176 Å². The van der Waals surface area contributed by atoms with E-state index in [1.807, 2.05) is 0 Å². The average molecular weight is 519 g/mol. The largest absolute Gasteiger partial charge is 3.00 e. The topological polar surface area (TPSA) is 59.1 Å². The Bertz CT molecular complexity index is 189. The maximum atomic E-state index is 7.00. The molecule has 0 amide bonds. The van der Waals surface area contributed by atoms with Crippen molar-refractivity contribution in [3.8, 4) is 0 Å². The molecule has 0 atom stereocenters. The van der Waals surface area contributed by atoms with Gasteiger partial charge in [0.05, 0.1) is 0 Å². The third-order valence-corrected chi connectivity index (χ3v) is 3.89. The van der Waals surface area contributed by atoms with E-state index < -0.39 is 0 Å². The van der Waals surface area contributed by atoms with Crippen molar-refractivity contribution in [3.05, 3.63) is 0 Å². The van der Waals surface area contributed by atoms with Gasteiger partial charge in [-0.2, -0.15) is 0 Å². The van der Waals surface area contributed by atoms with Crippen LogP contribution < -0.4 is 10.5 Å². The van der Waals surface area contributed by atoms with Crippen LogP contribution >= 0.6 is 0 Å². The number of likely N-dealkylation sites (N-methyl/N-ethyl adjacent to an activating group) is 4. The fourth-order valence-electron chi connectivity index (χ4n) is 2.35. The first kappa shape index (κ1) is 28.3. The molecule has 8 heteroatoms. The average Bonchev–Trinajstić information content (AvgIpc) is 2.44. The van der Waals surface area contributed by atoms with Crippen LogP contribution in [-0.4, -0.2) is 100 Å². The summed E-state index contributed by atoms with van der Waals surface area (Å²) in [4.78, 5) is 9.84. The molecule has 0 saturated carbocycles. The first-order valence-electron chi connectivity index (χ1n) is 7.49. The molecule has 0 aliphatic carbocycles. The van der Waals surface area contributed by atoms with Crippen molar-refractivity contribution in [3.63, 3.8) is 0 Å². The van der Waals surface area contributed by atoms with Crippen molar-refractivity contribution >= 4 is 0 Å². The van der Waals surface area contributed by atoms with Crippen LogP contribution in [-0.2, 0) is 17.1 Å². The van der Waals surface area contributed by atoms with Gasteiger partial charge in [0.25, 0.3) is 0 Å². The van der Waals surface area contributed by atoms with Crippen LogP contribution in [0.25, 0.3) is 0 Å². The summed E-state index contributed by atoms with van der Waals surface area (Å²) in [5.74, 6) is 0. The Morgan fingerprint density at radius 2 is 0.682 bits per heavy atom. The summed E-state index contributed by atoms with van der Waals surface area (Å²) in [6.07, 6.45) is 2.56. The maximum absolute atomic E-state index is 7.00. The molecule has 1 saturated heterocycles. The Kier molecular flexibility index (Phi) is 24.3. The fraction of sp³-hybridized carbons (Fsp3) is 1.00. The second-order valence-corrected chi connectivity index (χ2v) is 5.92. The molecule has 1 aliphatic heterocycles. The van der Waals surface area contributed by atoms with Crippen molar-refractivity contribution in [1.82, 2.24) is 19.6 Å². The van der Waals surface area contributed by atoms with Crippen LogP contribution in [0.2, 0.25) is 0 Å². The smallest absolute Gasteiger partial charge is 1.00 e. The van der Waals surface area contributed by atoms with Crippen LogP contribution in [0.1, 0.15) is 12.8 Å². The van der Waals surface area contributed by atoms with Gasteiger partial charge in [0.2, 0.25) is 0 Å². The molecule has 0 aromatic heterocycles. The minimum atomic E-state index is 0. The number of hydrogen-bond donors (Lipinski definition) is 0. The summed E-state index contributed by atoms with van der Waals surface area (Å²) in [6.45, 7) is 9.63. The molecular weight excluding hydrogens is 487 g/mol. The summed E-state index contributed by atoms with van der Waals surface area (Å²) < 4.78 is 0. The molecule has 0 spiro atoms. The zero-order valence-electron chi connectivity index (χ0n) is 14.3. The van der Waals surface area contributed by atoms with E-state index in [1.165, 1.54) is 65.2 Å². The normalized spacial score (nSPS) is 21.5. The standard InChI is InChI=1S/C14H32N4.Fe.Lu.O2/c1-15-7-5-8-17(3)13-14-18(4)10-6-9-16(2)12-11-15;;;1-2/h5-14H2,1-4H3;;;/q;2*+3;-2. The van der Waals surface area contributed by atoms with Crippen LogP contribution in [0.15, 0.2) is 0 Å². The van der Waals surface area contributed by atoms with Gasteiger partial charge in [-0.05, 0) is 67.2 Å². The predicted octanol–water partition coefficient (Wildman–Crippen LogP) is -1.87. The van der Waals surface area contributed by atoms with Crippen LogP contribution in [0.4, 0.5) is 0 Å². The van der Waals surface area contributed by atoms with Crippen molar-refractivity contribution in [1.29, 1.82) is 0 Å². The molecule has 0 bridgehead atoms. The fourth-order valence-corrected chi connectivity index (χ4v) is 2.35. The molecule has 0 N–H and O–H groups in total. The number of nitrogens with zero attached hydrogens (tertiary/aromatic N) is 4. The molecule has 1 radical (unpaired) electrons. The third kappa shape index (κ3) is 16.4. The Morgan fingerprint density at radius 1 is 0.500 bits per heavy atom. The zero-order valence-corrected chi connectivity index (χ0v) is 17.0. The molecule has 139 valence electrons. The van der Waals surface area contributed by atoms with Gasteiger partial charge in [-0.15, -0.1) is 0 Å². The SMILES string of the molecule is CN1CCCN(C)CCN(C)CCCN(C)CC1.[Fe+3].[Lu+3].[O-][O-]. The minimum absolute atomic E-state index is 0. The van der Waals surface area contributed by atoms with Crippen molar-refractivity contribution in [2.75, 3.05) is 80.5 Å². The van der Waals surface area contributed by atoms with Gasteiger partial charge in [-0.1, -0.05) is 0 Å². The van der Waals surface area contributed by atoms with E-state index in [0.717, 1.165) is 0 Å². The summed E-state index contributed by atoms with van der Waals surface area (Å²) in [7, 11) is 8.97. The molecule has 0 aromatic carbocycles. The van der Waals surface area contributed by atoms with E-state index in [0.29, 0.717) is 0 Å². The second kappa shape index (κ2) is 18.8. The molecule has 1 rings (SSSR count). The quantitative estimate of drug-likeness (QED) is 0.213. The zero-order chi connectivity index (χ0) is 15.4. The summed E-state index contributed by atoms with van der Waals surface area (Å²) in [5, 5.41) is 14.0. The Morgan fingerprint density at radius 3 is 0.864 bits per heavy atom. The summed E-state index contributed by atoms with van der Waals surface area (Å²) in [5.41, 5.74) is 0. The van der Waals surface area contributed by atoms with Gasteiger partial charge in [0, 0.05) is 26.2 Å². The van der Waals surface area contributed by atoms with Crippen molar-refractivity contribution < 1.29 is 64.5 Å². The van der Waals surface area contributed by atoms with Gasteiger partial charge < -0.3 is 30.1 Å². The summed E-state index contributed by atoms with van der Waals surface area (Å²) in [6, 6.07) is 0. The van der Waals surface area contributed by atoms with Crippen LogP contribution in [0.3, 0.4) is 0 Å². The molecule has 1 heterocycles. The number of hydrogen-bond acceptors (Lipinski definition) is 6. The van der Waals surface area contributed by atoms with Crippen molar-refractivity contribution in [2.45, 2.75) is 12.8 Å². The summed E-state index contributed by atoms with van der Waals surface area (Å²) >= 11 is 0. The van der Waals surface area contributed by atoms with Gasteiger partial charge in [0.1, 0.15) is 0 Å². The van der Waals surface area contributed by atoms with E-state index in [4.69, 9.17) is 10.5 Å². The maximum Gasteiger partial charge on any atom is 3.00 e. The monoisotopic (exact) mass is 519 g/mol. The van der Waals surface area contributed by atoms with Gasteiger partial charge in [0.15, 0.2) is 0 Å². The van der Waals surface area contributed by atoms with E-state index in [-0.39, 0.29) is 53.9 Å².